The molecule has 1 atom stereocenters. The van der Waals surface area contributed by atoms with Gasteiger partial charge in [0.05, 0.1) is 34.4 Å². The van der Waals surface area contributed by atoms with Crippen LogP contribution in [-0.4, -0.2) is 73.6 Å². The number of nitrogens with zero attached hydrogens (tertiary/aromatic N) is 2. The van der Waals surface area contributed by atoms with Crippen molar-refractivity contribution < 1.29 is 18.9 Å². The van der Waals surface area contributed by atoms with Crippen molar-refractivity contribution in [1.82, 2.24) is 4.67 Å². The van der Waals surface area contributed by atoms with Gasteiger partial charge in [-0.3, -0.25) is 4.79 Å². The summed E-state index contributed by atoms with van der Waals surface area (Å²) >= 11 is 0. The molecule has 1 fully saturated rings. The minimum Gasteiger partial charge on any atom is -0.379 e. The van der Waals surface area contributed by atoms with Crippen molar-refractivity contribution in [1.29, 1.82) is 0 Å². The van der Waals surface area contributed by atoms with Crippen molar-refractivity contribution in [2.45, 2.75) is 0 Å². The second kappa shape index (κ2) is 5.32. The Morgan fingerprint density at radius 3 is 2.40 bits per heavy atom. The van der Waals surface area contributed by atoms with E-state index in [4.69, 9.17) is 4.74 Å². The molecule has 88 valence electrons. The molecule has 1 aliphatic rings. The van der Waals surface area contributed by atoms with Gasteiger partial charge in [0.25, 0.3) is 5.52 Å². The third-order valence-electron chi connectivity index (χ3n) is 2.09. The lowest BCUT2D eigenvalue weighted by Gasteiger charge is -2.31. The van der Waals surface area contributed by atoms with Crippen LogP contribution in [0.3, 0.4) is 0 Å². The summed E-state index contributed by atoms with van der Waals surface area (Å²) in [6.07, 6.45) is 0. The SMILES string of the molecule is C[N+](C)(C)CC(=O)P(O)N1CCOCC1. The number of ether oxygens (including phenoxy) is 1. The van der Waals surface area contributed by atoms with Crippen LogP contribution in [-0.2, 0) is 9.53 Å². The van der Waals surface area contributed by atoms with Gasteiger partial charge in [-0.1, -0.05) is 0 Å². The van der Waals surface area contributed by atoms with Crippen molar-refractivity contribution in [2.75, 3.05) is 54.0 Å². The first-order valence-electron chi connectivity index (χ1n) is 5.05. The molecule has 0 aromatic carbocycles. The van der Waals surface area contributed by atoms with Gasteiger partial charge >= 0.3 is 0 Å². The van der Waals surface area contributed by atoms with E-state index >= 15 is 0 Å². The zero-order valence-electron chi connectivity index (χ0n) is 9.64. The van der Waals surface area contributed by atoms with Crippen molar-refractivity contribution in [3.8, 4) is 0 Å². The Morgan fingerprint density at radius 2 is 1.93 bits per heavy atom. The van der Waals surface area contributed by atoms with Gasteiger partial charge in [0, 0.05) is 13.1 Å². The monoisotopic (exact) mass is 235 g/mol. The molecule has 0 spiro atoms. The molecular weight excluding hydrogens is 215 g/mol. The van der Waals surface area contributed by atoms with Crippen LogP contribution in [0.2, 0.25) is 0 Å². The molecule has 5 nitrogen and oxygen atoms in total. The minimum atomic E-state index is -1.63. The normalized spacial score (nSPS) is 21.3. The van der Waals surface area contributed by atoms with Crippen LogP contribution in [0.25, 0.3) is 0 Å². The topological polar surface area (TPSA) is 49.8 Å². The summed E-state index contributed by atoms with van der Waals surface area (Å²) in [5.74, 6) is 0. The van der Waals surface area contributed by atoms with Crippen LogP contribution >= 0.6 is 8.30 Å². The molecule has 0 aliphatic carbocycles. The number of rotatable bonds is 4. The molecule has 0 bridgehead atoms. The summed E-state index contributed by atoms with van der Waals surface area (Å²) in [6, 6.07) is 0. The summed E-state index contributed by atoms with van der Waals surface area (Å²) in [5.41, 5.74) is -0.0561. The molecule has 0 amide bonds. The molecule has 0 aromatic rings. The molecule has 6 heteroatoms. The highest BCUT2D eigenvalue weighted by molar-refractivity contribution is 7.67. The van der Waals surface area contributed by atoms with Gasteiger partial charge in [0.1, 0.15) is 6.54 Å². The number of morpholine rings is 1. The molecule has 1 saturated heterocycles. The van der Waals surface area contributed by atoms with Gasteiger partial charge in [-0.25, -0.2) is 4.67 Å². The van der Waals surface area contributed by atoms with E-state index in [0.29, 0.717) is 37.3 Å². The number of hydrogen-bond donors (Lipinski definition) is 1. The quantitative estimate of drug-likeness (QED) is 0.544. The minimum absolute atomic E-state index is 0.0561. The molecule has 1 N–H and O–H groups in total. The Kier molecular flexibility index (Phi) is 4.62. The Balaban J connectivity index is 2.44. The van der Waals surface area contributed by atoms with E-state index in [0.717, 1.165) is 0 Å². The first-order valence-corrected chi connectivity index (χ1v) is 6.30. The van der Waals surface area contributed by atoms with Crippen LogP contribution in [0.5, 0.6) is 0 Å². The summed E-state index contributed by atoms with van der Waals surface area (Å²) in [4.78, 5) is 21.6. The highest BCUT2D eigenvalue weighted by Gasteiger charge is 2.29. The summed E-state index contributed by atoms with van der Waals surface area (Å²) < 4.78 is 7.56. The first kappa shape index (κ1) is 13.0. The molecule has 0 aromatic heterocycles. The zero-order valence-corrected chi connectivity index (χ0v) is 10.5. The second-order valence-corrected chi connectivity index (χ2v) is 6.34. The van der Waals surface area contributed by atoms with Crippen LogP contribution in [0.15, 0.2) is 0 Å². The van der Waals surface area contributed by atoms with E-state index in [1.165, 1.54) is 0 Å². The zero-order chi connectivity index (χ0) is 11.5. The van der Waals surface area contributed by atoms with Crippen molar-refractivity contribution >= 4 is 13.8 Å². The van der Waals surface area contributed by atoms with E-state index in [2.05, 4.69) is 0 Å². The highest BCUT2D eigenvalue weighted by Crippen LogP contribution is 2.37. The van der Waals surface area contributed by atoms with Crippen LogP contribution in [0.1, 0.15) is 0 Å². The second-order valence-electron chi connectivity index (χ2n) is 4.70. The van der Waals surface area contributed by atoms with Gasteiger partial charge in [-0.2, -0.15) is 0 Å². The Morgan fingerprint density at radius 1 is 1.40 bits per heavy atom. The van der Waals surface area contributed by atoms with E-state index < -0.39 is 8.30 Å². The number of carbonyl (C=O) groups excluding carboxylic acids is 1. The van der Waals surface area contributed by atoms with Gasteiger partial charge in [-0.05, 0) is 0 Å². The largest absolute Gasteiger partial charge is 0.379 e. The van der Waals surface area contributed by atoms with Crippen molar-refractivity contribution in [3.63, 3.8) is 0 Å². The fourth-order valence-corrected chi connectivity index (χ4v) is 2.78. The maximum Gasteiger partial charge on any atom is 0.250 e. The standard InChI is InChI=1S/C9H20N2O3P/c1-11(2,3)8-9(12)15(13)10-4-6-14-7-5-10/h13H,4-8H2,1-3H3/q+1. The smallest absolute Gasteiger partial charge is 0.250 e. The van der Waals surface area contributed by atoms with Crippen molar-refractivity contribution in [3.05, 3.63) is 0 Å². The van der Waals surface area contributed by atoms with Gasteiger partial charge < -0.3 is 14.1 Å². The van der Waals surface area contributed by atoms with Gasteiger partial charge in [0.15, 0.2) is 8.30 Å². The van der Waals surface area contributed by atoms with E-state index in [9.17, 15) is 9.69 Å². The lowest BCUT2D eigenvalue weighted by Crippen LogP contribution is -2.41. The molecule has 1 heterocycles. The number of carbonyl (C=O) groups is 1. The average molecular weight is 235 g/mol. The van der Waals surface area contributed by atoms with Gasteiger partial charge in [-0.15, -0.1) is 0 Å². The van der Waals surface area contributed by atoms with E-state index in [1.807, 2.05) is 25.8 Å². The van der Waals surface area contributed by atoms with Crippen LogP contribution in [0.4, 0.5) is 0 Å². The first-order chi connectivity index (χ1) is 6.90. The summed E-state index contributed by atoms with van der Waals surface area (Å²) in [5, 5.41) is 0. The molecule has 0 saturated carbocycles. The third-order valence-corrected chi connectivity index (χ3v) is 3.61. The predicted octanol–water partition coefficient (Wildman–Crippen LogP) is -0.144. The number of hydrogen-bond acceptors (Lipinski definition) is 4. The van der Waals surface area contributed by atoms with Crippen molar-refractivity contribution in [2.24, 2.45) is 0 Å². The fourth-order valence-electron chi connectivity index (χ4n) is 1.37. The maximum absolute atomic E-state index is 11.7. The Bertz CT molecular complexity index is 224. The molecule has 0 radical (unpaired) electrons. The predicted molar refractivity (Wildman–Crippen MR) is 59.4 cm³/mol. The van der Waals surface area contributed by atoms with Crippen LogP contribution < -0.4 is 0 Å². The Hall–Kier alpha value is -0.0600. The molecule has 1 rings (SSSR count). The number of quaternary nitrogens is 1. The third kappa shape index (κ3) is 4.53. The van der Waals surface area contributed by atoms with Crippen LogP contribution in [0, 0.1) is 0 Å². The average Bonchev–Trinajstić information content (AvgIpc) is 2.15. The lowest BCUT2D eigenvalue weighted by molar-refractivity contribution is -0.861. The van der Waals surface area contributed by atoms with E-state index in [1.54, 1.807) is 0 Å². The fraction of sp³-hybridized carbons (Fsp3) is 0.889. The highest BCUT2D eigenvalue weighted by atomic mass is 31.2. The van der Waals surface area contributed by atoms with E-state index in [-0.39, 0.29) is 5.52 Å². The number of likely N-dealkylation sites (N-methyl/N-ethyl adjacent to an activating group) is 1. The summed E-state index contributed by atoms with van der Waals surface area (Å²) in [7, 11) is 4.21. The maximum atomic E-state index is 11.7. The molecule has 15 heavy (non-hydrogen) atoms. The Labute approximate surface area is 92.1 Å². The van der Waals surface area contributed by atoms with Gasteiger partial charge in [0.2, 0.25) is 0 Å². The molecule has 1 aliphatic heterocycles. The molecular formula is C9H20N2O3P+. The lowest BCUT2D eigenvalue weighted by atomic mass is 10.5. The molecule has 1 unspecified atom stereocenters. The summed E-state index contributed by atoms with van der Waals surface area (Å²) in [6.45, 7) is 2.91.